The summed E-state index contributed by atoms with van der Waals surface area (Å²) in [6, 6.07) is 35.0. The van der Waals surface area contributed by atoms with Crippen LogP contribution in [-0.4, -0.2) is 69.0 Å². The first kappa shape index (κ1) is 41.9. The van der Waals surface area contributed by atoms with E-state index in [2.05, 4.69) is 119 Å². The molecule has 2 N–H and O–H groups in total. The quantitative estimate of drug-likeness (QED) is 0.0454. The highest BCUT2D eigenvalue weighted by Gasteiger charge is 2.42. The van der Waals surface area contributed by atoms with Gasteiger partial charge < -0.3 is 10.2 Å². The Morgan fingerprint density at radius 1 is 0.449 bits per heavy atom. The summed E-state index contributed by atoms with van der Waals surface area (Å²) in [5, 5.41) is 4.90. The minimum Gasteiger partial charge on any atom is -0.330 e. The van der Waals surface area contributed by atoms with Crippen molar-refractivity contribution in [3.63, 3.8) is 0 Å². The first-order valence-electron chi connectivity index (χ1n) is 20.3. The van der Waals surface area contributed by atoms with Gasteiger partial charge in [0, 0.05) is 13.7 Å². The maximum Gasteiger partial charge on any atom is 0.0991 e. The minimum absolute atomic E-state index is 0.828. The lowest BCUT2D eigenvalue weighted by atomic mass is 10.1. The molecule has 2 nitrogen and oxygen atoms in total. The SMILES string of the molecule is CCCC[N+](C)(CCCN)CCCCCCCCCC[P+](CCCC[P+](C)(CCCC)c1ccccc1)(c1ccccc1)c1ccccc1. The molecule has 4 heteroatoms. The lowest BCUT2D eigenvalue weighted by molar-refractivity contribution is -0.910. The van der Waals surface area contributed by atoms with Gasteiger partial charge in [0.15, 0.2) is 0 Å². The summed E-state index contributed by atoms with van der Waals surface area (Å²) in [5.74, 6) is 0. The van der Waals surface area contributed by atoms with Crippen molar-refractivity contribution in [3.8, 4) is 0 Å². The van der Waals surface area contributed by atoms with E-state index in [0.29, 0.717) is 0 Å². The number of nitrogens with zero attached hydrogens (tertiary/aromatic N) is 1. The summed E-state index contributed by atoms with van der Waals surface area (Å²) in [7, 11) is -0.128. The maximum absolute atomic E-state index is 5.86. The molecule has 0 amide bonds. The third-order valence-electron chi connectivity index (χ3n) is 11.3. The molecule has 0 heterocycles. The average Bonchev–Trinajstić information content (AvgIpc) is 3.15. The number of nitrogens with two attached hydrogens (primary N) is 1. The fourth-order valence-electron chi connectivity index (χ4n) is 8.00. The van der Waals surface area contributed by atoms with Crippen LogP contribution in [0.2, 0.25) is 0 Å². The van der Waals surface area contributed by atoms with Crippen molar-refractivity contribution in [2.75, 3.05) is 64.5 Å². The van der Waals surface area contributed by atoms with Gasteiger partial charge in [-0.05, 0) is 94.3 Å². The molecule has 0 radical (unpaired) electrons. The molecule has 3 rings (SSSR count). The highest BCUT2D eigenvalue weighted by molar-refractivity contribution is 7.89. The van der Waals surface area contributed by atoms with Crippen LogP contribution in [0.5, 0.6) is 0 Å². The Balaban J connectivity index is 1.55. The molecule has 0 fully saturated rings. The number of hydrogen-bond donors (Lipinski definition) is 1. The summed E-state index contributed by atoms with van der Waals surface area (Å²) in [6.07, 6.45) is 25.7. The van der Waals surface area contributed by atoms with Crippen LogP contribution in [0.25, 0.3) is 0 Å². The van der Waals surface area contributed by atoms with Crippen LogP contribution in [0.4, 0.5) is 0 Å². The fourth-order valence-corrected chi connectivity index (χ4v) is 16.1. The van der Waals surface area contributed by atoms with E-state index in [-0.39, 0.29) is 0 Å². The zero-order chi connectivity index (χ0) is 35.1. The van der Waals surface area contributed by atoms with Crippen molar-refractivity contribution in [2.24, 2.45) is 5.73 Å². The number of benzene rings is 3. The zero-order valence-corrected chi connectivity index (χ0v) is 34.1. The molecule has 0 aromatic heterocycles. The first-order chi connectivity index (χ1) is 23.9. The Hall–Kier alpha value is -1.56. The molecule has 0 spiro atoms. The van der Waals surface area contributed by atoms with E-state index in [1.165, 1.54) is 139 Å². The molecule has 3 aromatic carbocycles. The summed E-state index contributed by atoms with van der Waals surface area (Å²) in [6.45, 7) is 12.0. The van der Waals surface area contributed by atoms with Gasteiger partial charge in [0.2, 0.25) is 0 Å². The monoisotopic (exact) mass is 706 g/mol. The van der Waals surface area contributed by atoms with Crippen LogP contribution in [0.3, 0.4) is 0 Å². The summed E-state index contributed by atoms with van der Waals surface area (Å²) in [5.41, 5.74) is 5.86. The summed E-state index contributed by atoms with van der Waals surface area (Å²) >= 11 is 0. The number of quaternary nitrogens is 1. The number of rotatable bonds is 28. The fraction of sp³-hybridized carbons (Fsp3) is 0.600. The van der Waals surface area contributed by atoms with Crippen LogP contribution in [0.1, 0.15) is 110 Å². The molecule has 0 aliphatic rings. The third-order valence-corrected chi connectivity index (χ3v) is 20.2. The predicted molar refractivity (Wildman–Crippen MR) is 228 cm³/mol. The molecule has 272 valence electrons. The van der Waals surface area contributed by atoms with Gasteiger partial charge in [0.05, 0.1) is 81.2 Å². The molecule has 2 unspecified atom stereocenters. The minimum atomic E-state index is -1.48. The standard InChI is InChI=1S/C45H75N2P2/c1-5-7-36-47(3,38-28-35-46)37-24-13-11-9-10-12-14-25-41-49(44-31-20-16-21-32-44,45-33-22-17-23-34-45)42-27-26-40-48(4,39-8-6-2)43-29-18-15-19-30-43/h15-23,29-34H,5-14,24-28,35-42,46H2,1-4H3/q+3. The zero-order valence-electron chi connectivity index (χ0n) is 32.3. The van der Waals surface area contributed by atoms with Crippen molar-refractivity contribution in [2.45, 2.75) is 110 Å². The van der Waals surface area contributed by atoms with E-state index >= 15 is 0 Å². The molecule has 0 saturated heterocycles. The van der Waals surface area contributed by atoms with Crippen molar-refractivity contribution in [1.29, 1.82) is 0 Å². The van der Waals surface area contributed by atoms with Crippen LogP contribution >= 0.6 is 14.5 Å². The normalized spacial score (nSPS) is 14.4. The molecule has 49 heavy (non-hydrogen) atoms. The molecule has 2 atom stereocenters. The van der Waals surface area contributed by atoms with Gasteiger partial charge in [0.1, 0.15) is 0 Å². The maximum atomic E-state index is 5.86. The molecule has 3 aromatic rings. The van der Waals surface area contributed by atoms with E-state index in [1.807, 2.05) is 0 Å². The summed E-state index contributed by atoms with van der Waals surface area (Å²) < 4.78 is 1.23. The van der Waals surface area contributed by atoms with Gasteiger partial charge in [-0.3, -0.25) is 0 Å². The lowest BCUT2D eigenvalue weighted by Gasteiger charge is -2.35. The van der Waals surface area contributed by atoms with Crippen LogP contribution < -0.4 is 21.6 Å². The summed E-state index contributed by atoms with van der Waals surface area (Å²) in [4.78, 5) is 0. The van der Waals surface area contributed by atoms with Gasteiger partial charge in [-0.1, -0.05) is 107 Å². The average molecular weight is 706 g/mol. The van der Waals surface area contributed by atoms with Gasteiger partial charge in [0.25, 0.3) is 0 Å². The van der Waals surface area contributed by atoms with Gasteiger partial charge in [-0.2, -0.15) is 0 Å². The van der Waals surface area contributed by atoms with E-state index in [9.17, 15) is 0 Å². The number of unbranched alkanes of at least 4 members (excludes halogenated alkanes) is 10. The topological polar surface area (TPSA) is 26.0 Å². The molecular weight excluding hydrogens is 630 g/mol. The lowest BCUT2D eigenvalue weighted by Crippen LogP contribution is -2.46. The van der Waals surface area contributed by atoms with Crippen LogP contribution in [0.15, 0.2) is 91.0 Å². The Labute approximate surface area is 305 Å². The largest absolute Gasteiger partial charge is 0.330 e. The molecular formula is C45H75N2P2+3. The highest BCUT2D eigenvalue weighted by atomic mass is 31.2. The molecule has 0 saturated carbocycles. The third kappa shape index (κ3) is 14.5. The Morgan fingerprint density at radius 3 is 1.35 bits per heavy atom. The van der Waals surface area contributed by atoms with E-state index in [0.717, 1.165) is 13.0 Å². The van der Waals surface area contributed by atoms with Crippen molar-refractivity contribution in [3.05, 3.63) is 91.0 Å². The molecule has 0 bridgehead atoms. The van der Waals surface area contributed by atoms with E-state index in [4.69, 9.17) is 5.73 Å². The van der Waals surface area contributed by atoms with Gasteiger partial charge >= 0.3 is 0 Å². The van der Waals surface area contributed by atoms with Crippen molar-refractivity contribution in [1.82, 2.24) is 0 Å². The van der Waals surface area contributed by atoms with Gasteiger partial charge in [-0.25, -0.2) is 0 Å². The highest BCUT2D eigenvalue weighted by Crippen LogP contribution is 2.59. The van der Waals surface area contributed by atoms with E-state index in [1.54, 1.807) is 15.9 Å². The van der Waals surface area contributed by atoms with Crippen molar-refractivity contribution >= 4 is 30.4 Å². The Kier molecular flexibility index (Phi) is 20.4. The second-order valence-electron chi connectivity index (χ2n) is 15.4. The predicted octanol–water partition coefficient (Wildman–Crippen LogP) is 10.9. The molecule has 0 aliphatic carbocycles. The second-order valence-corrected chi connectivity index (χ2v) is 23.5. The van der Waals surface area contributed by atoms with Crippen LogP contribution in [-0.2, 0) is 0 Å². The Morgan fingerprint density at radius 2 is 0.837 bits per heavy atom. The second kappa shape index (κ2) is 23.8. The number of hydrogen-bond acceptors (Lipinski definition) is 1. The van der Waals surface area contributed by atoms with Crippen LogP contribution in [0, 0.1) is 0 Å². The van der Waals surface area contributed by atoms with Gasteiger partial charge in [-0.15, -0.1) is 0 Å². The van der Waals surface area contributed by atoms with Crippen molar-refractivity contribution < 1.29 is 4.48 Å². The molecule has 0 aliphatic heterocycles. The first-order valence-corrected chi connectivity index (χ1v) is 25.1. The smallest absolute Gasteiger partial charge is 0.0991 e. The Bertz CT molecular complexity index is 1170. The van der Waals surface area contributed by atoms with E-state index < -0.39 is 14.5 Å².